The second-order valence-corrected chi connectivity index (χ2v) is 8.44. The molecule has 0 fully saturated rings. The van der Waals surface area contributed by atoms with Crippen LogP contribution in [0.4, 0.5) is 0 Å². The van der Waals surface area contributed by atoms with Gasteiger partial charge in [-0.25, -0.2) is 0 Å². The lowest BCUT2D eigenvalue weighted by atomic mass is 9.99. The van der Waals surface area contributed by atoms with E-state index < -0.39 is 5.84 Å². The van der Waals surface area contributed by atoms with Crippen LogP contribution in [0.25, 0.3) is 0 Å². The lowest BCUT2D eigenvalue weighted by Crippen LogP contribution is -2.13. The molecule has 1 atom stereocenters. The zero-order chi connectivity index (χ0) is 9.83. The second-order valence-electron chi connectivity index (χ2n) is 3.68. The maximum absolute atomic E-state index is 5.82. The van der Waals surface area contributed by atoms with Gasteiger partial charge in [-0.1, -0.05) is 20.8 Å². The first-order valence-corrected chi connectivity index (χ1v) is 7.40. The fourth-order valence-electron chi connectivity index (χ4n) is 0.462. The summed E-state index contributed by atoms with van der Waals surface area (Å²) in [6, 6.07) is 0. The Balaban J connectivity index is 3.84. The quantitative estimate of drug-likeness (QED) is 0.689. The van der Waals surface area contributed by atoms with Crippen molar-refractivity contribution in [3.8, 4) is 0 Å². The maximum Gasteiger partial charge on any atom is 0.281 e. The lowest BCUT2D eigenvalue weighted by molar-refractivity contribution is 0.187. The molecule has 0 aliphatic heterocycles. The highest BCUT2D eigenvalue weighted by atomic mass is 35.7. The monoisotopic (exact) mass is 230 g/mol. The van der Waals surface area contributed by atoms with Gasteiger partial charge in [0.25, 0.3) is 5.84 Å². The van der Waals surface area contributed by atoms with Gasteiger partial charge in [-0.2, -0.15) is 0 Å². The first-order chi connectivity index (χ1) is 5.27. The molecule has 0 bridgehead atoms. The van der Waals surface area contributed by atoms with Crippen molar-refractivity contribution in [1.82, 2.24) is 0 Å². The average molecular weight is 231 g/mol. The van der Waals surface area contributed by atoms with Crippen LogP contribution in [0.1, 0.15) is 27.7 Å². The molecule has 0 aromatic carbocycles. The molecule has 0 heterocycles. The van der Waals surface area contributed by atoms with Crippen LogP contribution >= 0.6 is 17.1 Å². The molecule has 0 aromatic heterocycles. The van der Waals surface area contributed by atoms with Gasteiger partial charge in [-0.15, -0.1) is 0 Å². The van der Waals surface area contributed by atoms with Gasteiger partial charge in [-0.05, 0) is 35.4 Å². The van der Waals surface area contributed by atoms with Gasteiger partial charge in [-0.3, -0.25) is 0 Å². The van der Waals surface area contributed by atoms with E-state index in [1.54, 1.807) is 0 Å². The first-order valence-electron chi connectivity index (χ1n) is 3.85. The molecule has 0 saturated carbocycles. The van der Waals surface area contributed by atoms with Crippen molar-refractivity contribution in [2.75, 3.05) is 13.2 Å². The molecule has 12 heavy (non-hydrogen) atoms. The van der Waals surface area contributed by atoms with Gasteiger partial charge >= 0.3 is 0 Å². The van der Waals surface area contributed by atoms with Crippen molar-refractivity contribution in [1.29, 1.82) is 0 Å². The van der Waals surface area contributed by atoms with E-state index in [-0.39, 0.29) is 5.41 Å². The Bertz CT molecular complexity index is 179. The average Bonchev–Trinajstić information content (AvgIpc) is 1.83. The highest BCUT2D eigenvalue weighted by molar-refractivity contribution is 8.22. The number of hydrogen-bond acceptors (Lipinski definition) is 3. The number of halogens is 1. The van der Waals surface area contributed by atoms with Gasteiger partial charge in [0.05, 0.1) is 13.2 Å². The molecule has 0 spiro atoms. The van der Waals surface area contributed by atoms with Crippen LogP contribution in [0.5, 0.6) is 0 Å². The highest BCUT2D eigenvalue weighted by Gasteiger charge is 2.19. The van der Waals surface area contributed by atoms with Crippen molar-refractivity contribution in [3.05, 3.63) is 0 Å². The van der Waals surface area contributed by atoms with E-state index in [0.29, 0.717) is 13.2 Å². The molecule has 2 nitrogen and oxygen atoms in total. The van der Waals surface area contributed by atoms with Crippen LogP contribution in [-0.2, 0) is 20.9 Å². The number of hydrogen-bond donors (Lipinski definition) is 0. The van der Waals surface area contributed by atoms with Crippen LogP contribution in [0, 0.1) is 5.41 Å². The van der Waals surface area contributed by atoms with Crippen LogP contribution < -0.4 is 0 Å². The zero-order valence-electron chi connectivity index (χ0n) is 7.96. The standard InChI is InChI=1S/C7H16ClO2PS/c1-5-9-11(8,12)10-6-7(2,3)4/h5-6H2,1-4H3. The van der Waals surface area contributed by atoms with Crippen LogP contribution in [0.15, 0.2) is 0 Å². The SMILES string of the molecule is CCOP(=S)(Cl)OCC(C)(C)C. The van der Waals surface area contributed by atoms with E-state index in [9.17, 15) is 0 Å². The third kappa shape index (κ3) is 7.51. The topological polar surface area (TPSA) is 18.5 Å². The molecule has 0 aliphatic carbocycles. The third-order valence-electron chi connectivity index (χ3n) is 0.935. The lowest BCUT2D eigenvalue weighted by Gasteiger charge is -2.21. The first kappa shape index (κ1) is 12.9. The molecule has 0 rings (SSSR count). The molecule has 0 amide bonds. The van der Waals surface area contributed by atoms with E-state index in [2.05, 4.69) is 20.8 Å². The van der Waals surface area contributed by atoms with E-state index in [1.165, 1.54) is 0 Å². The summed E-state index contributed by atoms with van der Waals surface area (Å²) in [4.78, 5) is 0. The van der Waals surface area contributed by atoms with E-state index in [1.807, 2.05) is 6.92 Å². The molecule has 0 N–H and O–H groups in total. The van der Waals surface area contributed by atoms with E-state index in [4.69, 9.17) is 32.1 Å². The van der Waals surface area contributed by atoms with E-state index in [0.717, 1.165) is 0 Å². The minimum atomic E-state index is -2.48. The Kier molecular flexibility index (Phi) is 5.27. The molecule has 0 aliphatic rings. The molecule has 5 heteroatoms. The van der Waals surface area contributed by atoms with Crippen molar-refractivity contribution in [2.45, 2.75) is 27.7 Å². The van der Waals surface area contributed by atoms with Gasteiger partial charge in [0.1, 0.15) is 0 Å². The maximum atomic E-state index is 5.82. The summed E-state index contributed by atoms with van der Waals surface area (Å²) in [5, 5.41) is 0. The summed E-state index contributed by atoms with van der Waals surface area (Å²) >= 11 is 10.8. The Hall–Kier alpha value is 0.860. The smallest absolute Gasteiger partial charge is 0.281 e. The normalized spacial score (nSPS) is 17.4. The molecule has 0 aromatic rings. The second kappa shape index (κ2) is 4.92. The summed E-state index contributed by atoms with van der Waals surface area (Å²) in [5.41, 5.74) is 0.0794. The van der Waals surface area contributed by atoms with Crippen molar-refractivity contribution in [3.63, 3.8) is 0 Å². The Morgan fingerprint density at radius 3 is 2.17 bits per heavy atom. The van der Waals surface area contributed by atoms with Gasteiger partial charge < -0.3 is 9.05 Å². The van der Waals surface area contributed by atoms with Crippen molar-refractivity contribution < 1.29 is 9.05 Å². The Morgan fingerprint density at radius 1 is 1.33 bits per heavy atom. The fraction of sp³-hybridized carbons (Fsp3) is 1.00. The van der Waals surface area contributed by atoms with Gasteiger partial charge in [0.2, 0.25) is 0 Å². The molecular formula is C7H16ClO2PS. The largest absolute Gasteiger partial charge is 0.318 e. The predicted molar refractivity (Wildman–Crippen MR) is 57.2 cm³/mol. The van der Waals surface area contributed by atoms with Crippen molar-refractivity contribution >= 4 is 28.9 Å². The summed E-state index contributed by atoms with van der Waals surface area (Å²) in [5.74, 6) is -2.48. The van der Waals surface area contributed by atoms with Crippen LogP contribution in [0.3, 0.4) is 0 Å². The molecular weight excluding hydrogens is 215 g/mol. The fourth-order valence-corrected chi connectivity index (χ4v) is 2.30. The molecule has 0 radical (unpaired) electrons. The van der Waals surface area contributed by atoms with E-state index >= 15 is 0 Å². The Morgan fingerprint density at radius 2 is 1.83 bits per heavy atom. The summed E-state index contributed by atoms with van der Waals surface area (Å²) in [6.07, 6.45) is 0. The Labute approximate surface area is 84.5 Å². The third-order valence-corrected chi connectivity index (χ3v) is 3.16. The van der Waals surface area contributed by atoms with Gasteiger partial charge in [0, 0.05) is 0 Å². The number of rotatable bonds is 4. The molecule has 1 unspecified atom stereocenters. The summed E-state index contributed by atoms with van der Waals surface area (Å²) in [6.45, 7) is 9.07. The molecule has 74 valence electrons. The van der Waals surface area contributed by atoms with Crippen LogP contribution in [0.2, 0.25) is 0 Å². The molecule has 0 saturated heterocycles. The van der Waals surface area contributed by atoms with Crippen LogP contribution in [-0.4, -0.2) is 13.2 Å². The minimum absolute atomic E-state index is 0.0794. The highest BCUT2D eigenvalue weighted by Crippen LogP contribution is 2.54. The zero-order valence-corrected chi connectivity index (χ0v) is 10.4. The van der Waals surface area contributed by atoms with Crippen molar-refractivity contribution in [2.24, 2.45) is 5.41 Å². The summed E-state index contributed by atoms with van der Waals surface area (Å²) in [7, 11) is 0. The predicted octanol–water partition coefficient (Wildman–Crippen LogP) is 3.55. The summed E-state index contributed by atoms with van der Waals surface area (Å²) < 4.78 is 10.4. The minimum Gasteiger partial charge on any atom is -0.318 e. The van der Waals surface area contributed by atoms with Gasteiger partial charge in [0.15, 0.2) is 0 Å².